The SMILES string of the molecule is C[C@@H]1Cc2ccccc2N(C)C(=O)[C@@H]1NC(=O)c1nnc(Cc2ccccc2)[nH]1. The predicted molar refractivity (Wildman–Crippen MR) is 110 cm³/mol. The van der Waals surface area contributed by atoms with Gasteiger partial charge in [0, 0.05) is 19.2 Å². The van der Waals surface area contributed by atoms with E-state index in [-0.39, 0.29) is 17.6 Å². The number of rotatable bonds is 4. The number of hydrogen-bond donors (Lipinski definition) is 2. The molecule has 3 aromatic rings. The molecule has 1 aliphatic heterocycles. The number of fused-ring (bicyclic) bond motifs is 1. The number of nitrogens with one attached hydrogen (secondary N) is 2. The number of H-pyrrole nitrogens is 1. The van der Waals surface area contributed by atoms with Crippen LogP contribution in [-0.4, -0.2) is 40.1 Å². The Kier molecular flexibility index (Phi) is 5.12. The molecule has 2 aromatic carbocycles. The van der Waals surface area contributed by atoms with Gasteiger partial charge in [-0.25, -0.2) is 0 Å². The molecule has 148 valence electrons. The van der Waals surface area contributed by atoms with Crippen LogP contribution in [0.15, 0.2) is 54.6 Å². The van der Waals surface area contributed by atoms with Gasteiger partial charge in [0.1, 0.15) is 11.9 Å². The van der Waals surface area contributed by atoms with Crippen molar-refractivity contribution in [2.24, 2.45) is 5.92 Å². The first kappa shape index (κ1) is 18.9. The second-order valence-corrected chi connectivity index (χ2v) is 7.44. The normalized spacial score (nSPS) is 18.8. The molecule has 1 aromatic heterocycles. The molecule has 0 aliphatic carbocycles. The lowest BCUT2D eigenvalue weighted by atomic mass is 9.94. The van der Waals surface area contributed by atoms with E-state index in [1.54, 1.807) is 11.9 Å². The minimum Gasteiger partial charge on any atom is -0.337 e. The molecule has 0 unspecified atom stereocenters. The van der Waals surface area contributed by atoms with Crippen LogP contribution in [0.25, 0.3) is 0 Å². The maximum absolute atomic E-state index is 13.0. The molecule has 2 N–H and O–H groups in total. The number of carbonyl (C=O) groups excluding carboxylic acids is 2. The van der Waals surface area contributed by atoms with E-state index >= 15 is 0 Å². The molecule has 0 spiro atoms. The quantitative estimate of drug-likeness (QED) is 0.717. The fraction of sp³-hybridized carbons (Fsp3) is 0.273. The van der Waals surface area contributed by atoms with Crippen molar-refractivity contribution in [3.63, 3.8) is 0 Å². The molecule has 7 nitrogen and oxygen atoms in total. The Morgan fingerprint density at radius 1 is 1.14 bits per heavy atom. The van der Waals surface area contributed by atoms with Gasteiger partial charge >= 0.3 is 0 Å². The van der Waals surface area contributed by atoms with Crippen LogP contribution in [0.2, 0.25) is 0 Å². The van der Waals surface area contributed by atoms with Crippen LogP contribution in [0.4, 0.5) is 5.69 Å². The van der Waals surface area contributed by atoms with Gasteiger partial charge in [-0.1, -0.05) is 55.5 Å². The van der Waals surface area contributed by atoms with Crippen LogP contribution in [0.3, 0.4) is 0 Å². The number of hydrogen-bond acceptors (Lipinski definition) is 4. The number of aromatic nitrogens is 3. The molecule has 0 fully saturated rings. The van der Waals surface area contributed by atoms with E-state index in [4.69, 9.17) is 0 Å². The zero-order valence-electron chi connectivity index (χ0n) is 16.4. The van der Waals surface area contributed by atoms with Crippen molar-refractivity contribution in [1.82, 2.24) is 20.5 Å². The molecule has 29 heavy (non-hydrogen) atoms. The Hall–Kier alpha value is -3.48. The largest absolute Gasteiger partial charge is 0.337 e. The van der Waals surface area contributed by atoms with Crippen molar-refractivity contribution >= 4 is 17.5 Å². The fourth-order valence-corrected chi connectivity index (χ4v) is 3.73. The molecule has 4 rings (SSSR count). The topological polar surface area (TPSA) is 91.0 Å². The van der Waals surface area contributed by atoms with Gasteiger partial charge in [-0.05, 0) is 29.5 Å². The van der Waals surface area contributed by atoms with Gasteiger partial charge in [-0.2, -0.15) is 0 Å². The molecule has 0 saturated carbocycles. The highest BCUT2D eigenvalue weighted by Crippen LogP contribution is 2.28. The van der Waals surface area contributed by atoms with Gasteiger partial charge in [-0.15, -0.1) is 10.2 Å². The molecule has 2 heterocycles. The van der Waals surface area contributed by atoms with Crippen molar-refractivity contribution in [2.75, 3.05) is 11.9 Å². The van der Waals surface area contributed by atoms with Crippen molar-refractivity contribution in [3.8, 4) is 0 Å². The Bertz CT molecular complexity index is 1030. The van der Waals surface area contributed by atoms with Gasteiger partial charge in [-0.3, -0.25) is 9.59 Å². The summed E-state index contributed by atoms with van der Waals surface area (Å²) in [6.45, 7) is 1.97. The highest BCUT2D eigenvalue weighted by molar-refractivity contribution is 6.02. The minimum absolute atomic E-state index is 0.0516. The summed E-state index contributed by atoms with van der Waals surface area (Å²) in [5, 5.41) is 10.9. The van der Waals surface area contributed by atoms with Crippen molar-refractivity contribution in [3.05, 3.63) is 77.4 Å². The minimum atomic E-state index is -0.637. The number of likely N-dealkylation sites (N-methyl/N-ethyl adjacent to an activating group) is 1. The highest BCUT2D eigenvalue weighted by Gasteiger charge is 2.34. The van der Waals surface area contributed by atoms with Crippen LogP contribution in [-0.2, 0) is 17.6 Å². The first-order chi connectivity index (χ1) is 14.0. The van der Waals surface area contributed by atoms with E-state index < -0.39 is 11.9 Å². The predicted octanol–water partition coefficient (Wildman–Crippen LogP) is 2.35. The maximum Gasteiger partial charge on any atom is 0.289 e. The lowest BCUT2D eigenvalue weighted by Crippen LogP contribution is -2.50. The summed E-state index contributed by atoms with van der Waals surface area (Å²) in [5.41, 5.74) is 3.05. The van der Waals surface area contributed by atoms with E-state index in [0.717, 1.165) is 16.8 Å². The third kappa shape index (κ3) is 3.89. The Morgan fingerprint density at radius 2 is 1.86 bits per heavy atom. The molecule has 0 bridgehead atoms. The summed E-state index contributed by atoms with van der Waals surface area (Å²) < 4.78 is 0. The Labute approximate surface area is 169 Å². The van der Waals surface area contributed by atoms with Crippen LogP contribution in [0, 0.1) is 5.92 Å². The van der Waals surface area contributed by atoms with E-state index in [1.807, 2.05) is 61.5 Å². The van der Waals surface area contributed by atoms with Gasteiger partial charge in [0.15, 0.2) is 0 Å². The van der Waals surface area contributed by atoms with Crippen LogP contribution < -0.4 is 10.2 Å². The maximum atomic E-state index is 13.0. The first-order valence-corrected chi connectivity index (χ1v) is 9.64. The number of para-hydroxylation sites is 1. The molecule has 1 aliphatic rings. The van der Waals surface area contributed by atoms with Crippen LogP contribution in [0.5, 0.6) is 0 Å². The lowest BCUT2D eigenvalue weighted by molar-refractivity contribution is -0.121. The zero-order valence-corrected chi connectivity index (χ0v) is 16.4. The van der Waals surface area contributed by atoms with Gasteiger partial charge in [0.2, 0.25) is 11.7 Å². The van der Waals surface area contributed by atoms with Crippen molar-refractivity contribution < 1.29 is 9.59 Å². The smallest absolute Gasteiger partial charge is 0.289 e. The van der Waals surface area contributed by atoms with Gasteiger partial charge < -0.3 is 15.2 Å². The second-order valence-electron chi connectivity index (χ2n) is 7.44. The standard InChI is InChI=1S/C22H23N5O2/c1-14-12-16-10-6-7-11-17(16)27(2)22(29)19(14)24-21(28)20-23-18(25-26-20)13-15-8-4-3-5-9-15/h3-11,14,19H,12-13H2,1-2H3,(H,24,28)(H,23,25,26)/t14-,19-/m1/s1. The summed E-state index contributed by atoms with van der Waals surface area (Å²) >= 11 is 0. The molecular weight excluding hydrogens is 366 g/mol. The second kappa shape index (κ2) is 7.87. The highest BCUT2D eigenvalue weighted by atomic mass is 16.2. The number of anilines is 1. The summed E-state index contributed by atoms with van der Waals surface area (Å²) in [7, 11) is 1.74. The first-order valence-electron chi connectivity index (χ1n) is 9.64. The Morgan fingerprint density at radius 3 is 2.66 bits per heavy atom. The van der Waals surface area contributed by atoms with E-state index in [1.165, 1.54) is 0 Å². The zero-order chi connectivity index (χ0) is 20.4. The molecule has 2 amide bonds. The summed E-state index contributed by atoms with van der Waals surface area (Å²) in [4.78, 5) is 30.3. The fourth-order valence-electron chi connectivity index (χ4n) is 3.73. The molecular formula is C22H23N5O2. The summed E-state index contributed by atoms with van der Waals surface area (Å²) in [5.74, 6) is 0.0944. The number of carbonyl (C=O) groups is 2. The third-order valence-corrected chi connectivity index (χ3v) is 5.31. The van der Waals surface area contributed by atoms with Crippen molar-refractivity contribution in [2.45, 2.75) is 25.8 Å². The third-order valence-electron chi connectivity index (χ3n) is 5.31. The van der Waals surface area contributed by atoms with Gasteiger partial charge in [0.25, 0.3) is 5.91 Å². The molecule has 2 atom stereocenters. The lowest BCUT2D eigenvalue weighted by Gasteiger charge is -2.24. The summed E-state index contributed by atoms with van der Waals surface area (Å²) in [6.07, 6.45) is 1.25. The average Bonchev–Trinajstić information content (AvgIpc) is 3.17. The monoisotopic (exact) mass is 389 g/mol. The number of nitrogens with zero attached hydrogens (tertiary/aromatic N) is 3. The number of amides is 2. The van der Waals surface area contributed by atoms with Gasteiger partial charge in [0.05, 0.1) is 0 Å². The van der Waals surface area contributed by atoms with Crippen LogP contribution >= 0.6 is 0 Å². The molecule has 0 saturated heterocycles. The van der Waals surface area contributed by atoms with E-state index in [0.29, 0.717) is 18.7 Å². The van der Waals surface area contributed by atoms with Crippen molar-refractivity contribution in [1.29, 1.82) is 0 Å². The molecule has 7 heteroatoms. The number of aromatic amines is 1. The summed E-state index contributed by atoms with van der Waals surface area (Å²) in [6, 6.07) is 17.0. The average molecular weight is 389 g/mol. The van der Waals surface area contributed by atoms with E-state index in [9.17, 15) is 9.59 Å². The Balaban J connectivity index is 1.49. The molecule has 0 radical (unpaired) electrons. The number of benzene rings is 2. The van der Waals surface area contributed by atoms with E-state index in [2.05, 4.69) is 20.5 Å². The van der Waals surface area contributed by atoms with Crippen LogP contribution in [0.1, 0.15) is 34.5 Å².